The number of carbonyl (C=O) groups is 3. The van der Waals surface area contributed by atoms with Gasteiger partial charge < -0.3 is 20.8 Å². The van der Waals surface area contributed by atoms with Crippen LogP contribution in [0.25, 0.3) is 0 Å². The van der Waals surface area contributed by atoms with Gasteiger partial charge in [-0.25, -0.2) is 13.2 Å². The zero-order valence-electron chi connectivity index (χ0n) is 19.2. The largest absolute Gasteiger partial charge is 0.480 e. The Morgan fingerprint density at radius 3 is 1.86 bits per heavy atom. The zero-order chi connectivity index (χ0) is 26.1. The Hall–Kier alpha value is -4.02. The quantitative estimate of drug-likeness (QED) is 0.308. The van der Waals surface area contributed by atoms with E-state index in [0.717, 1.165) is 0 Å². The Bertz CT molecular complexity index is 1280. The van der Waals surface area contributed by atoms with Crippen molar-refractivity contribution in [2.24, 2.45) is 0 Å². The van der Waals surface area contributed by atoms with Crippen LogP contribution >= 0.6 is 0 Å². The summed E-state index contributed by atoms with van der Waals surface area (Å²) < 4.78 is 25.1. The summed E-state index contributed by atoms with van der Waals surface area (Å²) in [6.07, 6.45) is -2.27. The van der Waals surface area contributed by atoms with Gasteiger partial charge in [0.1, 0.15) is 6.04 Å². The van der Waals surface area contributed by atoms with E-state index in [4.69, 9.17) is 0 Å². The second-order valence-corrected chi connectivity index (χ2v) is 10.1. The fraction of sp³-hybridized carbons (Fsp3) is 0.192. The molecule has 3 rings (SSSR count). The van der Waals surface area contributed by atoms with Crippen molar-refractivity contribution in [1.82, 2.24) is 10.6 Å². The van der Waals surface area contributed by atoms with Crippen LogP contribution in [0.15, 0.2) is 95.9 Å². The first-order valence-corrected chi connectivity index (χ1v) is 12.7. The Morgan fingerprint density at radius 1 is 0.778 bits per heavy atom. The lowest BCUT2D eigenvalue weighted by Gasteiger charge is -2.25. The van der Waals surface area contributed by atoms with Gasteiger partial charge in [-0.1, -0.05) is 66.7 Å². The van der Waals surface area contributed by atoms with Crippen molar-refractivity contribution >= 4 is 27.6 Å². The zero-order valence-corrected chi connectivity index (χ0v) is 20.0. The van der Waals surface area contributed by atoms with Gasteiger partial charge in [-0.05, 0) is 36.2 Å². The third-order valence-electron chi connectivity index (χ3n) is 5.46. The van der Waals surface area contributed by atoms with E-state index in [-0.39, 0.29) is 4.90 Å². The summed E-state index contributed by atoms with van der Waals surface area (Å²) >= 11 is 0. The number of aliphatic hydroxyl groups excluding tert-OH is 1. The molecule has 0 aromatic heterocycles. The molecular formula is C26H26N2O7S. The van der Waals surface area contributed by atoms with Crippen LogP contribution in [-0.4, -0.2) is 54.3 Å². The van der Waals surface area contributed by atoms with Crippen molar-refractivity contribution in [3.05, 3.63) is 102 Å². The molecule has 0 spiro atoms. The fourth-order valence-corrected chi connectivity index (χ4v) is 4.86. The molecule has 0 saturated carbocycles. The van der Waals surface area contributed by atoms with E-state index in [1.165, 1.54) is 12.1 Å². The molecule has 0 radical (unpaired) electrons. The molecule has 9 nitrogen and oxygen atoms in total. The predicted molar refractivity (Wildman–Crippen MR) is 132 cm³/mol. The highest BCUT2D eigenvalue weighted by Gasteiger charge is 2.32. The van der Waals surface area contributed by atoms with Gasteiger partial charge in [-0.3, -0.25) is 9.59 Å². The van der Waals surface area contributed by atoms with Gasteiger partial charge in [0.15, 0.2) is 15.9 Å². The molecule has 0 saturated heterocycles. The summed E-state index contributed by atoms with van der Waals surface area (Å²) in [6.45, 7) is 0. The maximum atomic E-state index is 12.9. The molecule has 0 aliphatic carbocycles. The number of aliphatic hydroxyl groups is 1. The van der Waals surface area contributed by atoms with Crippen LogP contribution < -0.4 is 10.6 Å². The molecule has 0 heterocycles. The molecule has 0 fully saturated rings. The molecule has 0 unspecified atom stereocenters. The van der Waals surface area contributed by atoms with Crippen LogP contribution in [0.3, 0.4) is 0 Å². The normalized spacial score (nSPS) is 13.7. The first-order valence-electron chi connectivity index (χ1n) is 11.1. The van der Waals surface area contributed by atoms with E-state index < -0.39 is 58.0 Å². The highest BCUT2D eigenvalue weighted by atomic mass is 32.2. The summed E-state index contributed by atoms with van der Waals surface area (Å²) in [5, 5.41) is 25.2. The van der Waals surface area contributed by atoms with Crippen LogP contribution in [0.1, 0.15) is 28.4 Å². The van der Waals surface area contributed by atoms with E-state index in [9.17, 15) is 33.0 Å². The smallest absolute Gasteiger partial charge is 0.326 e. The highest BCUT2D eigenvalue weighted by Crippen LogP contribution is 2.19. The van der Waals surface area contributed by atoms with Crippen molar-refractivity contribution < 1.29 is 33.0 Å². The van der Waals surface area contributed by atoms with Crippen molar-refractivity contribution in [3.63, 3.8) is 0 Å². The van der Waals surface area contributed by atoms with Gasteiger partial charge >= 0.3 is 5.97 Å². The van der Waals surface area contributed by atoms with Crippen LogP contribution in [-0.2, 0) is 19.4 Å². The average Bonchev–Trinajstić information content (AvgIpc) is 2.90. The second kappa shape index (κ2) is 12.1. The minimum atomic E-state index is -3.78. The van der Waals surface area contributed by atoms with Crippen LogP contribution in [0.5, 0.6) is 0 Å². The fourth-order valence-electron chi connectivity index (χ4n) is 3.50. The SMILES string of the molecule is O=C(N[C@@H](c1ccccc1)[C@@H](O)C(=O)N[C@H](CCS(=O)(=O)c1ccccc1)C(=O)O)c1ccccc1. The molecule has 10 heteroatoms. The number of hydrogen-bond acceptors (Lipinski definition) is 6. The number of amides is 2. The Labute approximate surface area is 208 Å². The maximum absolute atomic E-state index is 12.9. The number of benzene rings is 3. The first-order chi connectivity index (χ1) is 17.2. The standard InChI is InChI=1S/C26H26N2O7S/c29-23(22(18-10-4-1-5-11-18)28-24(30)19-12-6-2-7-13-19)25(31)27-21(26(32)33)16-17-36(34,35)20-14-8-3-9-15-20/h1-15,21-23,29H,16-17H2,(H,27,31)(H,28,30)(H,32,33)/t21-,22+,23-/m1/s1. The molecule has 3 aromatic rings. The lowest BCUT2D eigenvalue weighted by Crippen LogP contribution is -2.50. The summed E-state index contributed by atoms with van der Waals surface area (Å²) in [5.74, 6) is -3.60. The molecule has 3 atom stereocenters. The number of nitrogens with one attached hydrogen (secondary N) is 2. The third-order valence-corrected chi connectivity index (χ3v) is 7.22. The second-order valence-electron chi connectivity index (χ2n) is 7.99. The summed E-state index contributed by atoms with van der Waals surface area (Å²) in [4.78, 5) is 37.4. The van der Waals surface area contributed by atoms with E-state index in [1.807, 2.05) is 0 Å². The molecule has 3 aromatic carbocycles. The molecule has 36 heavy (non-hydrogen) atoms. The number of carbonyl (C=O) groups excluding carboxylic acids is 2. The van der Waals surface area contributed by atoms with E-state index in [0.29, 0.717) is 11.1 Å². The molecule has 2 amide bonds. The third kappa shape index (κ3) is 7.00. The Kier molecular flexibility index (Phi) is 8.93. The van der Waals surface area contributed by atoms with Crippen molar-refractivity contribution in [2.75, 3.05) is 5.75 Å². The van der Waals surface area contributed by atoms with E-state index in [2.05, 4.69) is 10.6 Å². The molecule has 0 aliphatic rings. The van der Waals surface area contributed by atoms with Gasteiger partial charge in [0.25, 0.3) is 11.8 Å². The number of carboxylic acid groups (broad SMARTS) is 1. The Morgan fingerprint density at radius 2 is 1.31 bits per heavy atom. The number of rotatable bonds is 11. The maximum Gasteiger partial charge on any atom is 0.326 e. The predicted octanol–water partition coefficient (Wildman–Crippen LogP) is 1.95. The molecule has 0 bridgehead atoms. The molecule has 188 valence electrons. The van der Waals surface area contributed by atoms with Gasteiger partial charge in [0.05, 0.1) is 16.7 Å². The van der Waals surface area contributed by atoms with Crippen molar-refractivity contribution in [3.8, 4) is 0 Å². The van der Waals surface area contributed by atoms with E-state index in [1.54, 1.807) is 78.9 Å². The first kappa shape index (κ1) is 26.6. The topological polar surface area (TPSA) is 150 Å². The van der Waals surface area contributed by atoms with Crippen molar-refractivity contribution in [1.29, 1.82) is 0 Å². The van der Waals surface area contributed by atoms with Gasteiger partial charge in [0.2, 0.25) is 0 Å². The molecule has 4 N–H and O–H groups in total. The summed E-state index contributed by atoms with van der Waals surface area (Å²) in [6, 6.07) is 21.2. The lowest BCUT2D eigenvalue weighted by atomic mass is 9.99. The number of hydrogen-bond donors (Lipinski definition) is 4. The van der Waals surface area contributed by atoms with Gasteiger partial charge in [-0.15, -0.1) is 0 Å². The Balaban J connectivity index is 1.74. The summed E-state index contributed by atoms with van der Waals surface area (Å²) in [5.41, 5.74) is 0.725. The van der Waals surface area contributed by atoms with Crippen LogP contribution in [0.4, 0.5) is 0 Å². The highest BCUT2D eigenvalue weighted by molar-refractivity contribution is 7.91. The lowest BCUT2D eigenvalue weighted by molar-refractivity contribution is -0.143. The van der Waals surface area contributed by atoms with Gasteiger partial charge in [-0.2, -0.15) is 0 Å². The van der Waals surface area contributed by atoms with Crippen LogP contribution in [0, 0.1) is 0 Å². The van der Waals surface area contributed by atoms with Gasteiger partial charge in [0, 0.05) is 5.56 Å². The number of sulfone groups is 1. The summed E-state index contributed by atoms with van der Waals surface area (Å²) in [7, 11) is -3.78. The van der Waals surface area contributed by atoms with Crippen LogP contribution in [0.2, 0.25) is 0 Å². The van der Waals surface area contributed by atoms with Crippen molar-refractivity contribution in [2.45, 2.75) is 29.5 Å². The number of aliphatic carboxylic acids is 1. The number of carboxylic acids is 1. The minimum Gasteiger partial charge on any atom is -0.480 e. The minimum absolute atomic E-state index is 0.0354. The molecule has 0 aliphatic heterocycles. The monoisotopic (exact) mass is 510 g/mol. The van der Waals surface area contributed by atoms with E-state index >= 15 is 0 Å². The average molecular weight is 511 g/mol. The molecular weight excluding hydrogens is 484 g/mol.